The van der Waals surface area contributed by atoms with Crippen molar-refractivity contribution in [1.82, 2.24) is 14.5 Å². The normalized spacial score (nSPS) is 19.4. The number of fused-ring (bicyclic) bond motifs is 1. The summed E-state index contributed by atoms with van der Waals surface area (Å²) in [6, 6.07) is 12.3. The van der Waals surface area contributed by atoms with Crippen LogP contribution in [0, 0.1) is 12.7 Å². The summed E-state index contributed by atoms with van der Waals surface area (Å²) in [6.45, 7) is 2.76. The molecule has 168 valence electrons. The molecule has 2 aliphatic heterocycles. The van der Waals surface area contributed by atoms with Crippen LogP contribution >= 0.6 is 0 Å². The Hall–Kier alpha value is -3.74. The second kappa shape index (κ2) is 8.65. The number of aromatic nitrogens is 2. The number of amidine groups is 1. The molecular formula is C26H25FN4O2. The van der Waals surface area contributed by atoms with Crippen molar-refractivity contribution in [2.24, 2.45) is 4.99 Å². The number of piperidine rings is 1. The summed E-state index contributed by atoms with van der Waals surface area (Å²) in [5, 5.41) is 0. The van der Waals surface area contributed by atoms with Crippen molar-refractivity contribution in [3.8, 4) is 11.4 Å². The minimum absolute atomic E-state index is 0.129. The first kappa shape index (κ1) is 21.1. The number of imidazole rings is 1. The summed E-state index contributed by atoms with van der Waals surface area (Å²) in [4.78, 5) is 23.4. The molecule has 1 saturated heterocycles. The summed E-state index contributed by atoms with van der Waals surface area (Å²) in [5.74, 6) is 1.03. The number of rotatable bonds is 4. The average molecular weight is 445 g/mol. The average Bonchev–Trinajstić information content (AvgIpc) is 3.25. The van der Waals surface area contributed by atoms with Gasteiger partial charge in [0, 0.05) is 12.7 Å². The molecule has 5 rings (SSSR count). The number of aliphatic imine (C=N–C) groups is 1. The number of aryl methyl sites for hydroxylation is 1. The highest BCUT2D eigenvalue weighted by Crippen LogP contribution is 2.35. The highest BCUT2D eigenvalue weighted by molar-refractivity contribution is 6.09. The number of carbonyl (C=O) groups is 1. The number of ether oxygens (including phenoxy) is 1. The number of benzene rings is 2. The van der Waals surface area contributed by atoms with E-state index in [2.05, 4.69) is 21.0 Å². The van der Waals surface area contributed by atoms with Crippen molar-refractivity contribution < 1.29 is 13.9 Å². The van der Waals surface area contributed by atoms with E-state index >= 15 is 0 Å². The van der Waals surface area contributed by atoms with Gasteiger partial charge in [-0.05, 0) is 66.8 Å². The van der Waals surface area contributed by atoms with Gasteiger partial charge in [-0.15, -0.1) is 0 Å². The number of hydrogen-bond acceptors (Lipinski definition) is 4. The van der Waals surface area contributed by atoms with Crippen molar-refractivity contribution in [2.45, 2.75) is 32.2 Å². The number of nitrogens with zero attached hydrogens (tertiary/aromatic N) is 4. The van der Waals surface area contributed by atoms with Gasteiger partial charge < -0.3 is 14.2 Å². The fourth-order valence-electron chi connectivity index (χ4n) is 4.59. The zero-order valence-corrected chi connectivity index (χ0v) is 18.7. The zero-order valence-electron chi connectivity index (χ0n) is 18.7. The molecule has 1 unspecified atom stereocenters. The molecule has 6 nitrogen and oxygen atoms in total. The van der Waals surface area contributed by atoms with Crippen LogP contribution in [-0.2, 0) is 4.79 Å². The Morgan fingerprint density at radius 2 is 2.00 bits per heavy atom. The van der Waals surface area contributed by atoms with Gasteiger partial charge in [0.25, 0.3) is 0 Å². The first-order chi connectivity index (χ1) is 16.0. The Morgan fingerprint density at radius 1 is 1.18 bits per heavy atom. The SMILES string of the molecule is COc1cc(C=C2CCCN3C2=NC(=O)CC3c2ccc(F)cc2)ccc1-n1cnc(C)c1. The lowest BCUT2D eigenvalue weighted by Gasteiger charge is -2.40. The van der Waals surface area contributed by atoms with E-state index in [1.165, 1.54) is 12.1 Å². The van der Waals surface area contributed by atoms with E-state index < -0.39 is 0 Å². The molecular weight excluding hydrogens is 419 g/mol. The van der Waals surface area contributed by atoms with Crippen LogP contribution in [0.5, 0.6) is 5.75 Å². The maximum Gasteiger partial charge on any atom is 0.250 e. The molecule has 0 bridgehead atoms. The number of halogens is 1. The Kier molecular flexibility index (Phi) is 5.54. The smallest absolute Gasteiger partial charge is 0.250 e. The Bertz CT molecular complexity index is 1260. The van der Waals surface area contributed by atoms with E-state index in [0.29, 0.717) is 6.42 Å². The second-order valence-electron chi connectivity index (χ2n) is 8.42. The fraction of sp³-hybridized carbons (Fsp3) is 0.269. The maximum absolute atomic E-state index is 13.4. The predicted molar refractivity (Wildman–Crippen MR) is 125 cm³/mol. The van der Waals surface area contributed by atoms with E-state index in [9.17, 15) is 9.18 Å². The largest absolute Gasteiger partial charge is 0.495 e. The van der Waals surface area contributed by atoms with Gasteiger partial charge in [-0.2, -0.15) is 4.99 Å². The van der Waals surface area contributed by atoms with Crippen LogP contribution in [0.3, 0.4) is 0 Å². The summed E-state index contributed by atoms with van der Waals surface area (Å²) in [6.07, 6.45) is 7.89. The summed E-state index contributed by atoms with van der Waals surface area (Å²) >= 11 is 0. The van der Waals surface area contributed by atoms with Gasteiger partial charge in [0.2, 0.25) is 5.91 Å². The van der Waals surface area contributed by atoms with Crippen molar-refractivity contribution in [3.63, 3.8) is 0 Å². The molecule has 33 heavy (non-hydrogen) atoms. The highest BCUT2D eigenvalue weighted by atomic mass is 19.1. The van der Waals surface area contributed by atoms with Crippen LogP contribution in [-0.4, -0.2) is 39.8 Å². The molecule has 1 amide bonds. The molecule has 0 aliphatic carbocycles. The van der Waals surface area contributed by atoms with Gasteiger partial charge in [0.05, 0.1) is 37.3 Å². The Morgan fingerprint density at radius 3 is 2.73 bits per heavy atom. The summed E-state index contributed by atoms with van der Waals surface area (Å²) in [5.41, 5.74) is 4.77. The van der Waals surface area contributed by atoms with E-state index in [-0.39, 0.29) is 17.8 Å². The molecule has 2 aliphatic rings. The molecule has 1 fully saturated rings. The lowest BCUT2D eigenvalue weighted by molar-refractivity contribution is -0.119. The van der Waals surface area contributed by atoms with Crippen LogP contribution in [0.25, 0.3) is 11.8 Å². The van der Waals surface area contributed by atoms with Crippen molar-refractivity contribution >= 4 is 17.8 Å². The van der Waals surface area contributed by atoms with Crippen molar-refractivity contribution in [2.75, 3.05) is 13.7 Å². The first-order valence-electron chi connectivity index (χ1n) is 11.1. The maximum atomic E-state index is 13.4. The molecule has 0 N–H and O–H groups in total. The van der Waals surface area contributed by atoms with E-state index in [1.807, 2.05) is 35.9 Å². The zero-order chi connectivity index (χ0) is 22.9. The topological polar surface area (TPSA) is 59.7 Å². The molecule has 1 aromatic heterocycles. The molecule has 7 heteroatoms. The molecule has 0 radical (unpaired) electrons. The standard InChI is InChI=1S/C26H25FN4O2/c1-17-15-30(16-28-17)22-10-5-18(13-24(22)33-2)12-20-4-3-11-31-23(14-25(32)29-26(20)31)19-6-8-21(27)9-7-19/h5-10,12-13,15-16,23H,3-4,11,14H2,1-2H3. The third-order valence-electron chi connectivity index (χ3n) is 6.17. The van der Waals surface area contributed by atoms with E-state index in [1.54, 1.807) is 25.6 Å². The fourth-order valence-corrected chi connectivity index (χ4v) is 4.59. The number of amides is 1. The van der Waals surface area contributed by atoms with Crippen LogP contribution in [0.2, 0.25) is 0 Å². The first-order valence-corrected chi connectivity index (χ1v) is 11.1. The third kappa shape index (κ3) is 4.18. The molecule has 2 aromatic carbocycles. The monoisotopic (exact) mass is 444 g/mol. The van der Waals surface area contributed by atoms with Crippen LogP contribution < -0.4 is 4.74 Å². The van der Waals surface area contributed by atoms with E-state index in [0.717, 1.165) is 59.1 Å². The summed E-state index contributed by atoms with van der Waals surface area (Å²) in [7, 11) is 1.65. The van der Waals surface area contributed by atoms with Gasteiger partial charge in [-0.3, -0.25) is 4.79 Å². The number of carbonyl (C=O) groups excluding carboxylic acids is 1. The molecule has 3 heterocycles. The second-order valence-corrected chi connectivity index (χ2v) is 8.42. The van der Waals surface area contributed by atoms with Crippen molar-refractivity contribution in [1.29, 1.82) is 0 Å². The minimum Gasteiger partial charge on any atom is -0.495 e. The lowest BCUT2D eigenvalue weighted by Crippen LogP contribution is -2.44. The van der Waals surface area contributed by atoms with Gasteiger partial charge in [0.15, 0.2) is 0 Å². The molecule has 1 atom stereocenters. The summed E-state index contributed by atoms with van der Waals surface area (Å²) < 4.78 is 21.0. The molecule has 3 aromatic rings. The third-order valence-corrected chi connectivity index (χ3v) is 6.17. The number of methoxy groups -OCH3 is 1. The van der Waals surface area contributed by atoms with Gasteiger partial charge in [0.1, 0.15) is 17.4 Å². The minimum atomic E-state index is -0.280. The van der Waals surface area contributed by atoms with Crippen LogP contribution in [0.1, 0.15) is 42.1 Å². The lowest BCUT2D eigenvalue weighted by atomic mass is 9.92. The van der Waals surface area contributed by atoms with Gasteiger partial charge >= 0.3 is 0 Å². The highest BCUT2D eigenvalue weighted by Gasteiger charge is 2.34. The van der Waals surface area contributed by atoms with Crippen LogP contribution in [0.15, 0.2) is 65.6 Å². The molecule has 0 spiro atoms. The van der Waals surface area contributed by atoms with Crippen LogP contribution in [0.4, 0.5) is 4.39 Å². The predicted octanol–water partition coefficient (Wildman–Crippen LogP) is 4.88. The number of hydrogen-bond donors (Lipinski definition) is 0. The Labute approximate surface area is 192 Å². The van der Waals surface area contributed by atoms with Gasteiger partial charge in [-0.1, -0.05) is 18.2 Å². The van der Waals surface area contributed by atoms with Crippen molar-refractivity contribution in [3.05, 3.63) is 83.2 Å². The molecule has 0 saturated carbocycles. The van der Waals surface area contributed by atoms with Gasteiger partial charge in [-0.25, -0.2) is 9.37 Å². The Balaban J connectivity index is 1.48. The quantitative estimate of drug-likeness (QED) is 0.576. The van der Waals surface area contributed by atoms with E-state index in [4.69, 9.17) is 4.74 Å².